The van der Waals surface area contributed by atoms with Crippen molar-refractivity contribution >= 4 is 28.6 Å². The first kappa shape index (κ1) is 36.0. The maximum atomic E-state index is 15.9. The van der Waals surface area contributed by atoms with E-state index < -0.39 is 24.4 Å². The van der Waals surface area contributed by atoms with Gasteiger partial charge in [0.05, 0.1) is 31.5 Å². The average Bonchev–Trinajstić information content (AvgIpc) is 3.62. The van der Waals surface area contributed by atoms with E-state index in [0.717, 1.165) is 44.8 Å². The van der Waals surface area contributed by atoms with Crippen LogP contribution in [0.5, 0.6) is 17.2 Å². The van der Waals surface area contributed by atoms with E-state index in [2.05, 4.69) is 20.5 Å². The van der Waals surface area contributed by atoms with Crippen LogP contribution in [0.1, 0.15) is 23.1 Å². The highest BCUT2D eigenvalue weighted by Gasteiger charge is 2.19. The molecule has 0 radical (unpaired) electrons. The monoisotopic (exact) mass is 720 g/mol. The van der Waals surface area contributed by atoms with E-state index >= 15 is 4.39 Å². The van der Waals surface area contributed by atoms with Crippen LogP contribution in [0.4, 0.5) is 4.39 Å². The number of aliphatic hydroxyl groups excluding tert-OH is 1. The number of aromatic nitrogens is 2. The summed E-state index contributed by atoms with van der Waals surface area (Å²) in [6.07, 6.45) is 0.875. The smallest absolute Gasteiger partial charge is 0.323 e. The minimum atomic E-state index is -1.21. The number of hydrogen-bond acceptors (Lipinski definition) is 11. The van der Waals surface area contributed by atoms with Crippen LogP contribution in [-0.2, 0) is 29.3 Å². The summed E-state index contributed by atoms with van der Waals surface area (Å²) in [6.45, 7) is 4.26. The van der Waals surface area contributed by atoms with Crippen molar-refractivity contribution in [3.05, 3.63) is 100 Å². The van der Waals surface area contributed by atoms with E-state index in [1.54, 1.807) is 42.5 Å². The highest BCUT2D eigenvalue weighted by Crippen LogP contribution is 2.35. The third kappa shape index (κ3) is 9.51. The molecule has 1 aliphatic rings. The van der Waals surface area contributed by atoms with Crippen molar-refractivity contribution < 1.29 is 43.0 Å². The summed E-state index contributed by atoms with van der Waals surface area (Å²) >= 11 is 6.61. The number of carboxylic acid groups (broad SMARTS) is 1. The van der Waals surface area contributed by atoms with Gasteiger partial charge in [-0.25, -0.2) is 9.02 Å². The van der Waals surface area contributed by atoms with Gasteiger partial charge in [-0.3, -0.25) is 15.0 Å². The maximum Gasteiger partial charge on any atom is 0.323 e. The van der Waals surface area contributed by atoms with Gasteiger partial charge in [0, 0.05) is 48.9 Å². The normalized spacial score (nSPS) is 14.0. The molecule has 0 spiro atoms. The van der Waals surface area contributed by atoms with Gasteiger partial charge in [0.1, 0.15) is 53.4 Å². The van der Waals surface area contributed by atoms with Gasteiger partial charge < -0.3 is 29.2 Å². The number of ether oxygens (including phenoxy) is 4. The molecule has 268 valence electrons. The average molecular weight is 721 g/mol. The second-order valence-corrected chi connectivity index (χ2v) is 12.4. The molecule has 1 unspecified atom stereocenters. The van der Waals surface area contributed by atoms with Gasteiger partial charge in [0.15, 0.2) is 0 Å². The summed E-state index contributed by atoms with van der Waals surface area (Å²) in [5.41, 5.74) is 3.85. The molecule has 6 rings (SSSR count). The summed E-state index contributed by atoms with van der Waals surface area (Å²) in [5.74, 6) is -0.393. The highest BCUT2D eigenvalue weighted by molar-refractivity contribution is 6.32. The molecule has 0 saturated carbocycles. The van der Waals surface area contributed by atoms with Gasteiger partial charge >= 0.3 is 5.97 Å². The Bertz CT molecular complexity index is 1940. The molecular weight excluding hydrogens is 683 g/mol. The Kier molecular flexibility index (Phi) is 12.3. The maximum absolute atomic E-state index is 15.9. The number of nitrogens with zero attached hydrogens (tertiary/aromatic N) is 3. The predicted octanol–water partition coefficient (Wildman–Crippen LogP) is 5.48. The van der Waals surface area contributed by atoms with E-state index in [1.807, 2.05) is 30.3 Å². The summed E-state index contributed by atoms with van der Waals surface area (Å²) in [6, 6.07) is 19.8. The number of aliphatic carboxylic acids is 1. The van der Waals surface area contributed by atoms with E-state index in [-0.39, 0.29) is 30.5 Å². The molecule has 1 aromatic heterocycles. The molecule has 0 amide bonds. The van der Waals surface area contributed by atoms with Crippen LogP contribution in [-0.4, -0.2) is 83.5 Å². The van der Waals surface area contributed by atoms with Crippen LogP contribution in [0, 0.1) is 5.82 Å². The van der Waals surface area contributed by atoms with Gasteiger partial charge in [-0.1, -0.05) is 48.0 Å². The molecule has 3 N–H and O–H groups in total. The van der Waals surface area contributed by atoms with Gasteiger partial charge in [-0.2, -0.15) is 0 Å². The second kappa shape index (κ2) is 17.4. The van der Waals surface area contributed by atoms with Crippen LogP contribution in [0.15, 0.2) is 77.4 Å². The van der Waals surface area contributed by atoms with Gasteiger partial charge in [0.25, 0.3) is 0 Å². The Morgan fingerprint density at radius 3 is 2.57 bits per heavy atom. The second-order valence-electron chi connectivity index (χ2n) is 12.0. The molecule has 14 heteroatoms. The van der Waals surface area contributed by atoms with Gasteiger partial charge in [0.2, 0.25) is 0 Å². The lowest BCUT2D eigenvalue weighted by molar-refractivity contribution is -0.140. The number of carbonyl (C=O) groups is 1. The first-order chi connectivity index (χ1) is 24.9. The van der Waals surface area contributed by atoms with Crippen molar-refractivity contribution in [3.63, 3.8) is 0 Å². The zero-order chi connectivity index (χ0) is 35.6. The van der Waals surface area contributed by atoms with Crippen molar-refractivity contribution in [2.75, 3.05) is 46.1 Å². The summed E-state index contributed by atoms with van der Waals surface area (Å²) in [4.78, 5) is 13.8. The van der Waals surface area contributed by atoms with Gasteiger partial charge in [-0.05, 0) is 58.2 Å². The standard InChI is InChI=1S/C37H38ClFN4O8/c38-30-18-27(20-40-33(21-44)37(45)46)34(49-22-24-8-9-31-32(16-24)42-51-41-31)19-35(30)50-23-26-5-2-7-29(36(26)39)25-4-1-6-28(17-25)48-13-3-10-43-11-14-47-15-12-43/h1-2,4-9,16-19,33,40,44H,3,10-15,20-23H2,(H,45,46). The summed E-state index contributed by atoms with van der Waals surface area (Å²) in [7, 11) is 0. The lowest BCUT2D eigenvalue weighted by Crippen LogP contribution is -2.39. The lowest BCUT2D eigenvalue weighted by Gasteiger charge is -2.26. The first-order valence-electron chi connectivity index (χ1n) is 16.5. The molecule has 0 bridgehead atoms. The fraction of sp³-hybridized carbons (Fsp3) is 0.324. The quantitative estimate of drug-likeness (QED) is 0.105. The summed E-state index contributed by atoms with van der Waals surface area (Å²) < 4.78 is 44.3. The molecule has 1 fully saturated rings. The highest BCUT2D eigenvalue weighted by atomic mass is 35.5. The zero-order valence-electron chi connectivity index (χ0n) is 27.7. The lowest BCUT2D eigenvalue weighted by atomic mass is 10.0. The van der Waals surface area contributed by atoms with E-state index in [4.69, 9.17) is 35.2 Å². The number of rotatable bonds is 17. The molecule has 51 heavy (non-hydrogen) atoms. The number of halogens is 2. The van der Waals surface area contributed by atoms with Crippen molar-refractivity contribution in [3.8, 4) is 28.4 Å². The molecule has 0 aliphatic carbocycles. The Labute approximate surface area is 298 Å². The largest absolute Gasteiger partial charge is 0.494 e. The third-order valence-corrected chi connectivity index (χ3v) is 8.74. The molecule has 4 aromatic carbocycles. The Morgan fingerprint density at radius 1 is 0.941 bits per heavy atom. The SMILES string of the molecule is O=C(O)C(CO)NCc1cc(Cl)c(OCc2cccc(-c3cccc(OCCCN4CCOCC4)c3)c2F)cc1OCc1ccc2nonc2c1. The third-order valence-electron chi connectivity index (χ3n) is 8.45. The number of aliphatic hydroxyl groups is 1. The Hall–Kier alpha value is -4.79. The fourth-order valence-electron chi connectivity index (χ4n) is 5.63. The van der Waals surface area contributed by atoms with Crippen LogP contribution in [0.25, 0.3) is 22.2 Å². The fourth-order valence-corrected chi connectivity index (χ4v) is 5.87. The topological polar surface area (TPSA) is 149 Å². The zero-order valence-corrected chi connectivity index (χ0v) is 28.5. The van der Waals surface area contributed by atoms with Crippen LogP contribution >= 0.6 is 11.6 Å². The summed E-state index contributed by atoms with van der Waals surface area (Å²) in [5, 5.41) is 29.5. The van der Waals surface area contributed by atoms with Crippen LogP contribution in [0.2, 0.25) is 5.02 Å². The number of carboxylic acids is 1. The van der Waals surface area contributed by atoms with Crippen molar-refractivity contribution in [2.45, 2.75) is 32.2 Å². The molecule has 2 heterocycles. The number of benzene rings is 4. The van der Waals surface area contributed by atoms with Crippen LogP contribution in [0.3, 0.4) is 0 Å². The Balaban J connectivity index is 1.14. The number of nitrogens with one attached hydrogen (secondary N) is 1. The molecule has 1 atom stereocenters. The van der Waals surface area contributed by atoms with E-state index in [9.17, 15) is 15.0 Å². The molecule has 5 aromatic rings. The molecule has 12 nitrogen and oxygen atoms in total. The van der Waals surface area contributed by atoms with Crippen molar-refractivity contribution in [2.24, 2.45) is 0 Å². The number of fused-ring (bicyclic) bond motifs is 1. The van der Waals surface area contributed by atoms with E-state index in [1.165, 1.54) is 0 Å². The molecular formula is C37H38ClFN4O8. The van der Waals surface area contributed by atoms with Crippen molar-refractivity contribution in [1.29, 1.82) is 0 Å². The Morgan fingerprint density at radius 2 is 1.75 bits per heavy atom. The molecule has 1 saturated heterocycles. The van der Waals surface area contributed by atoms with E-state index in [0.29, 0.717) is 51.4 Å². The first-order valence-corrected chi connectivity index (χ1v) is 16.9. The minimum Gasteiger partial charge on any atom is -0.494 e. The van der Waals surface area contributed by atoms with Crippen molar-refractivity contribution in [1.82, 2.24) is 20.5 Å². The molecule has 1 aliphatic heterocycles. The minimum absolute atomic E-state index is 0.0203. The number of hydrogen-bond donors (Lipinski definition) is 3. The van der Waals surface area contributed by atoms with Crippen LogP contribution < -0.4 is 19.5 Å². The predicted molar refractivity (Wildman–Crippen MR) is 186 cm³/mol. The van der Waals surface area contributed by atoms with Gasteiger partial charge in [-0.15, -0.1) is 0 Å². The number of morpholine rings is 1.